The lowest BCUT2D eigenvalue weighted by Crippen LogP contribution is -2.51. The van der Waals surface area contributed by atoms with E-state index in [0.717, 1.165) is 32.4 Å². The molecule has 1 aliphatic rings. The fraction of sp³-hybridized carbons (Fsp3) is 0.400. The van der Waals surface area contributed by atoms with Gasteiger partial charge in [0.1, 0.15) is 11.8 Å². The highest BCUT2D eigenvalue weighted by atomic mass is 16.5. The van der Waals surface area contributed by atoms with Crippen LogP contribution in [0.3, 0.4) is 0 Å². The summed E-state index contributed by atoms with van der Waals surface area (Å²) in [6.07, 6.45) is 2.75. The predicted octanol–water partition coefficient (Wildman–Crippen LogP) is 3.71. The number of benzene rings is 2. The Morgan fingerprint density at radius 1 is 1.00 bits per heavy atom. The first-order chi connectivity index (χ1) is 15.4. The number of carbonyl (C=O) groups is 3. The van der Waals surface area contributed by atoms with E-state index in [4.69, 9.17) is 4.74 Å². The van der Waals surface area contributed by atoms with Crippen molar-refractivity contribution < 1.29 is 19.1 Å². The highest BCUT2D eigenvalue weighted by Crippen LogP contribution is 2.20. The standard InChI is InChI=1S/C25H31N3O4/c1-4-17(2)22(25(31)28-15-7-8-16-28)27-24(30)20-9-5-6-10-21(20)26-23(29)18-11-13-19(32-3)14-12-18/h5-6,9-14,17,22H,4,7-8,15-16H2,1-3H3,(H,26,29)(H,27,30)/t17-,22+/m0/s1. The van der Waals surface area contributed by atoms with Crippen LogP contribution < -0.4 is 15.4 Å². The molecule has 1 heterocycles. The Morgan fingerprint density at radius 3 is 2.28 bits per heavy atom. The Hall–Kier alpha value is -3.35. The Morgan fingerprint density at radius 2 is 1.66 bits per heavy atom. The minimum Gasteiger partial charge on any atom is -0.497 e. The molecule has 2 N–H and O–H groups in total. The van der Waals surface area contributed by atoms with Crippen molar-refractivity contribution in [3.63, 3.8) is 0 Å². The van der Waals surface area contributed by atoms with Crippen LogP contribution in [0.2, 0.25) is 0 Å². The number of nitrogens with one attached hydrogen (secondary N) is 2. The van der Waals surface area contributed by atoms with Crippen molar-refractivity contribution in [3.8, 4) is 5.75 Å². The van der Waals surface area contributed by atoms with Crippen LogP contribution in [-0.4, -0.2) is 48.9 Å². The first-order valence-corrected chi connectivity index (χ1v) is 11.1. The number of para-hydroxylation sites is 1. The lowest BCUT2D eigenvalue weighted by molar-refractivity contribution is -0.133. The molecule has 3 amide bonds. The monoisotopic (exact) mass is 437 g/mol. The molecule has 1 fully saturated rings. The maximum absolute atomic E-state index is 13.2. The zero-order valence-corrected chi connectivity index (χ0v) is 18.9. The van der Waals surface area contributed by atoms with Gasteiger partial charge in [0.25, 0.3) is 11.8 Å². The van der Waals surface area contributed by atoms with Crippen LogP contribution in [0.4, 0.5) is 5.69 Å². The molecule has 3 rings (SSSR count). The van der Waals surface area contributed by atoms with E-state index in [0.29, 0.717) is 22.6 Å². The van der Waals surface area contributed by atoms with E-state index in [1.165, 1.54) is 0 Å². The van der Waals surface area contributed by atoms with Crippen molar-refractivity contribution in [2.24, 2.45) is 5.92 Å². The fourth-order valence-corrected chi connectivity index (χ4v) is 3.76. The molecule has 0 aliphatic carbocycles. The summed E-state index contributed by atoms with van der Waals surface area (Å²) in [5.41, 5.74) is 1.15. The van der Waals surface area contributed by atoms with Crippen LogP contribution in [0.5, 0.6) is 5.75 Å². The molecule has 7 heteroatoms. The molecular weight excluding hydrogens is 406 g/mol. The van der Waals surface area contributed by atoms with Crippen LogP contribution in [0.25, 0.3) is 0 Å². The summed E-state index contributed by atoms with van der Waals surface area (Å²) < 4.78 is 5.12. The van der Waals surface area contributed by atoms with Crippen molar-refractivity contribution in [1.29, 1.82) is 0 Å². The molecule has 7 nitrogen and oxygen atoms in total. The predicted molar refractivity (Wildman–Crippen MR) is 124 cm³/mol. The second kappa shape index (κ2) is 10.8. The molecule has 0 saturated carbocycles. The van der Waals surface area contributed by atoms with E-state index < -0.39 is 6.04 Å². The average Bonchev–Trinajstić information content (AvgIpc) is 3.37. The van der Waals surface area contributed by atoms with E-state index in [1.807, 2.05) is 18.7 Å². The number of hydrogen-bond donors (Lipinski definition) is 2. The van der Waals surface area contributed by atoms with E-state index in [1.54, 1.807) is 55.6 Å². The molecule has 0 spiro atoms. The number of hydrogen-bond acceptors (Lipinski definition) is 4. The molecule has 1 aliphatic heterocycles. The average molecular weight is 438 g/mol. The number of nitrogens with zero attached hydrogens (tertiary/aromatic N) is 1. The van der Waals surface area contributed by atoms with Crippen molar-refractivity contribution in [3.05, 3.63) is 59.7 Å². The summed E-state index contributed by atoms with van der Waals surface area (Å²) in [6, 6.07) is 12.9. The Kier molecular flexibility index (Phi) is 7.87. The third kappa shape index (κ3) is 5.46. The molecule has 2 aromatic carbocycles. The van der Waals surface area contributed by atoms with Crippen molar-refractivity contribution in [2.75, 3.05) is 25.5 Å². The molecule has 2 aromatic rings. The van der Waals surface area contributed by atoms with Gasteiger partial charge in [-0.25, -0.2) is 0 Å². The second-order valence-corrected chi connectivity index (χ2v) is 8.10. The zero-order valence-electron chi connectivity index (χ0n) is 18.9. The fourth-order valence-electron chi connectivity index (χ4n) is 3.76. The summed E-state index contributed by atoms with van der Waals surface area (Å²) in [4.78, 5) is 40.7. The number of carbonyl (C=O) groups excluding carboxylic acids is 3. The Labute approximate surface area is 189 Å². The van der Waals surface area contributed by atoms with E-state index in [9.17, 15) is 14.4 Å². The van der Waals surface area contributed by atoms with Crippen molar-refractivity contribution >= 4 is 23.4 Å². The van der Waals surface area contributed by atoms with Gasteiger partial charge in [0.05, 0.1) is 18.4 Å². The summed E-state index contributed by atoms with van der Waals surface area (Å²) in [6.45, 7) is 5.44. The molecule has 32 heavy (non-hydrogen) atoms. The largest absolute Gasteiger partial charge is 0.497 e. The normalized spacial score (nSPS) is 15.0. The smallest absolute Gasteiger partial charge is 0.255 e. The van der Waals surface area contributed by atoms with Crippen LogP contribution in [0, 0.1) is 5.92 Å². The SMILES string of the molecule is CC[C@H](C)[C@@H](NC(=O)c1ccccc1NC(=O)c1ccc(OC)cc1)C(=O)N1CCCC1. The van der Waals surface area contributed by atoms with Gasteiger partial charge < -0.3 is 20.3 Å². The van der Waals surface area contributed by atoms with Crippen molar-refractivity contribution in [2.45, 2.75) is 39.2 Å². The molecule has 0 aromatic heterocycles. The maximum atomic E-state index is 13.2. The van der Waals surface area contributed by atoms with Gasteiger partial charge >= 0.3 is 0 Å². The van der Waals surface area contributed by atoms with Crippen LogP contribution >= 0.6 is 0 Å². The number of anilines is 1. The maximum Gasteiger partial charge on any atom is 0.255 e. The molecule has 1 saturated heterocycles. The molecule has 0 bridgehead atoms. The third-order valence-electron chi connectivity index (χ3n) is 5.96. The second-order valence-electron chi connectivity index (χ2n) is 8.10. The number of methoxy groups -OCH3 is 1. The van der Waals surface area contributed by atoms with Gasteiger partial charge in [-0.15, -0.1) is 0 Å². The van der Waals surface area contributed by atoms with Crippen molar-refractivity contribution in [1.82, 2.24) is 10.2 Å². The summed E-state index contributed by atoms with van der Waals surface area (Å²) in [7, 11) is 1.56. The van der Waals surface area contributed by atoms with Gasteiger partial charge in [-0.2, -0.15) is 0 Å². The number of rotatable bonds is 8. The van der Waals surface area contributed by atoms with Gasteiger partial charge in [0, 0.05) is 18.7 Å². The minimum absolute atomic E-state index is 0.00639. The van der Waals surface area contributed by atoms with Crippen LogP contribution in [-0.2, 0) is 4.79 Å². The van der Waals surface area contributed by atoms with E-state index in [2.05, 4.69) is 10.6 Å². The molecule has 0 radical (unpaired) electrons. The number of likely N-dealkylation sites (tertiary alicyclic amines) is 1. The molecule has 170 valence electrons. The lowest BCUT2D eigenvalue weighted by Gasteiger charge is -2.28. The van der Waals surface area contributed by atoms with Crippen LogP contribution in [0.1, 0.15) is 53.8 Å². The number of amides is 3. The van der Waals surface area contributed by atoms with E-state index >= 15 is 0 Å². The zero-order chi connectivity index (χ0) is 23.1. The Bertz CT molecular complexity index is 952. The first-order valence-electron chi connectivity index (χ1n) is 11.1. The third-order valence-corrected chi connectivity index (χ3v) is 5.96. The van der Waals surface area contributed by atoms with Gasteiger partial charge in [0.2, 0.25) is 5.91 Å². The van der Waals surface area contributed by atoms with E-state index in [-0.39, 0.29) is 23.6 Å². The Balaban J connectivity index is 1.77. The van der Waals surface area contributed by atoms with Gasteiger partial charge in [0.15, 0.2) is 0 Å². The topological polar surface area (TPSA) is 87.7 Å². The summed E-state index contributed by atoms with van der Waals surface area (Å²) in [5.74, 6) is -0.105. The number of ether oxygens (including phenoxy) is 1. The summed E-state index contributed by atoms with van der Waals surface area (Å²) >= 11 is 0. The highest BCUT2D eigenvalue weighted by Gasteiger charge is 2.32. The van der Waals surface area contributed by atoms with Crippen LogP contribution in [0.15, 0.2) is 48.5 Å². The summed E-state index contributed by atoms with van der Waals surface area (Å²) in [5, 5.41) is 5.74. The minimum atomic E-state index is -0.601. The quantitative estimate of drug-likeness (QED) is 0.659. The molecule has 0 unspecified atom stereocenters. The van der Waals surface area contributed by atoms with Gasteiger partial charge in [-0.3, -0.25) is 14.4 Å². The lowest BCUT2D eigenvalue weighted by atomic mass is 9.97. The molecular formula is C25H31N3O4. The highest BCUT2D eigenvalue weighted by molar-refractivity contribution is 6.09. The van der Waals surface area contributed by atoms with Gasteiger partial charge in [-0.05, 0) is 55.2 Å². The van der Waals surface area contributed by atoms with Gasteiger partial charge in [-0.1, -0.05) is 32.4 Å². The first kappa shape index (κ1) is 23.3. The molecule has 2 atom stereocenters.